The lowest BCUT2D eigenvalue weighted by Gasteiger charge is -2.22. The number of nitrogens with zero attached hydrogens (tertiary/aromatic N) is 3. The minimum absolute atomic E-state index is 0.364. The van der Waals surface area contributed by atoms with E-state index in [1.54, 1.807) is 0 Å². The summed E-state index contributed by atoms with van der Waals surface area (Å²) in [5.41, 5.74) is 2.35. The first-order valence-electron chi connectivity index (χ1n) is 7.33. The molecule has 20 heavy (non-hydrogen) atoms. The van der Waals surface area contributed by atoms with Crippen LogP contribution in [0.4, 0.5) is 0 Å². The van der Waals surface area contributed by atoms with Crippen LogP contribution in [0.5, 0.6) is 0 Å². The molecule has 3 heterocycles. The molecule has 0 radical (unpaired) electrons. The smallest absolute Gasteiger partial charge is 0.154 e. The number of hydrogen-bond donors (Lipinski definition) is 0. The van der Waals surface area contributed by atoms with Gasteiger partial charge in [0, 0.05) is 25.0 Å². The van der Waals surface area contributed by atoms with Crippen LogP contribution in [0.3, 0.4) is 0 Å². The Bertz CT molecular complexity index is 550. The van der Waals surface area contributed by atoms with E-state index in [0.717, 1.165) is 31.0 Å². The van der Waals surface area contributed by atoms with E-state index >= 15 is 0 Å². The second-order valence-electron chi connectivity index (χ2n) is 5.79. The minimum atomic E-state index is 0.364. The van der Waals surface area contributed by atoms with Crippen LogP contribution in [0, 0.1) is 0 Å². The Kier molecular flexibility index (Phi) is 3.83. The van der Waals surface area contributed by atoms with Crippen molar-refractivity contribution in [2.24, 2.45) is 0 Å². The highest BCUT2D eigenvalue weighted by Gasteiger charge is 2.29. The van der Waals surface area contributed by atoms with Gasteiger partial charge in [0.05, 0.1) is 11.7 Å². The summed E-state index contributed by atoms with van der Waals surface area (Å²) >= 11 is 0. The highest BCUT2D eigenvalue weighted by Crippen LogP contribution is 2.34. The average Bonchev–Trinajstić information content (AvgIpc) is 3.08. The zero-order valence-corrected chi connectivity index (χ0v) is 12.1. The summed E-state index contributed by atoms with van der Waals surface area (Å²) in [6, 6.07) is 6.65. The van der Waals surface area contributed by atoms with Crippen LogP contribution < -0.4 is 0 Å². The molecule has 0 saturated carbocycles. The normalized spacial score (nSPS) is 19.9. The zero-order chi connectivity index (χ0) is 13.9. The Morgan fingerprint density at radius 2 is 2.15 bits per heavy atom. The Balaban J connectivity index is 1.74. The van der Waals surface area contributed by atoms with Crippen molar-refractivity contribution in [1.82, 2.24) is 15.0 Å². The van der Waals surface area contributed by atoms with Crippen LogP contribution in [-0.4, -0.2) is 21.6 Å². The first kappa shape index (κ1) is 13.3. The maximum atomic E-state index is 5.57. The third-order valence-corrected chi connectivity index (χ3v) is 3.97. The standard InChI is InChI=1S/C16H21N3O/c1-12(2)14-10-16(20-18-14)15-4-3-9-19(15)11-13-5-7-17-8-6-13/h5-8,10,12,15H,3-4,9,11H2,1-2H3/t15-/m0/s1. The fourth-order valence-corrected chi connectivity index (χ4v) is 2.79. The van der Waals surface area contributed by atoms with Crippen molar-refractivity contribution in [1.29, 1.82) is 0 Å². The van der Waals surface area contributed by atoms with E-state index in [2.05, 4.69) is 47.1 Å². The monoisotopic (exact) mass is 271 g/mol. The fourth-order valence-electron chi connectivity index (χ4n) is 2.79. The molecule has 0 aliphatic carbocycles. The Morgan fingerprint density at radius 3 is 2.85 bits per heavy atom. The molecule has 1 aliphatic heterocycles. The summed E-state index contributed by atoms with van der Waals surface area (Å²) in [4.78, 5) is 6.55. The molecular formula is C16H21N3O. The highest BCUT2D eigenvalue weighted by molar-refractivity contribution is 5.15. The van der Waals surface area contributed by atoms with Gasteiger partial charge in [-0.2, -0.15) is 0 Å². The summed E-state index contributed by atoms with van der Waals surface area (Å²) in [5, 5.41) is 4.19. The third-order valence-electron chi connectivity index (χ3n) is 3.97. The molecule has 4 heteroatoms. The van der Waals surface area contributed by atoms with Crippen molar-refractivity contribution in [3.8, 4) is 0 Å². The SMILES string of the molecule is CC(C)c1cc([C@@H]2CCCN2Cc2ccncc2)on1. The summed E-state index contributed by atoms with van der Waals surface area (Å²) in [7, 11) is 0. The molecule has 0 N–H and O–H groups in total. The van der Waals surface area contributed by atoms with Gasteiger partial charge >= 0.3 is 0 Å². The predicted octanol–water partition coefficient (Wildman–Crippen LogP) is 3.53. The Labute approximate surface area is 119 Å². The van der Waals surface area contributed by atoms with Crippen molar-refractivity contribution in [3.05, 3.63) is 47.6 Å². The van der Waals surface area contributed by atoms with E-state index in [1.807, 2.05) is 12.4 Å². The van der Waals surface area contributed by atoms with Crippen LogP contribution in [0.2, 0.25) is 0 Å². The molecule has 0 aromatic carbocycles. The zero-order valence-electron chi connectivity index (χ0n) is 12.1. The molecule has 106 valence electrons. The lowest BCUT2D eigenvalue weighted by atomic mass is 10.1. The Hall–Kier alpha value is -1.68. The summed E-state index contributed by atoms with van der Waals surface area (Å²) < 4.78 is 5.57. The first-order chi connectivity index (χ1) is 9.74. The molecule has 3 rings (SSSR count). The van der Waals surface area contributed by atoms with Crippen LogP contribution in [0.1, 0.15) is 55.7 Å². The largest absolute Gasteiger partial charge is 0.359 e. The van der Waals surface area contributed by atoms with Gasteiger partial charge in [0.25, 0.3) is 0 Å². The minimum Gasteiger partial charge on any atom is -0.359 e. The van der Waals surface area contributed by atoms with E-state index in [1.165, 1.54) is 12.0 Å². The van der Waals surface area contributed by atoms with Gasteiger partial charge in [-0.05, 0) is 43.0 Å². The maximum Gasteiger partial charge on any atom is 0.154 e. The molecule has 0 unspecified atom stereocenters. The topological polar surface area (TPSA) is 42.2 Å². The number of aromatic nitrogens is 2. The van der Waals surface area contributed by atoms with E-state index in [0.29, 0.717) is 12.0 Å². The van der Waals surface area contributed by atoms with E-state index < -0.39 is 0 Å². The third kappa shape index (κ3) is 2.75. The van der Waals surface area contributed by atoms with Gasteiger partial charge in [0.2, 0.25) is 0 Å². The van der Waals surface area contributed by atoms with Crippen molar-refractivity contribution in [2.45, 2.75) is 45.2 Å². The van der Waals surface area contributed by atoms with Crippen LogP contribution in [-0.2, 0) is 6.54 Å². The number of pyridine rings is 1. The second kappa shape index (κ2) is 5.75. The lowest BCUT2D eigenvalue weighted by molar-refractivity contribution is 0.206. The molecule has 2 aromatic heterocycles. The molecule has 1 fully saturated rings. The number of rotatable bonds is 4. The highest BCUT2D eigenvalue weighted by atomic mass is 16.5. The van der Waals surface area contributed by atoms with Gasteiger partial charge in [-0.15, -0.1) is 0 Å². The quantitative estimate of drug-likeness (QED) is 0.853. The summed E-state index contributed by atoms with van der Waals surface area (Å²) in [6.45, 7) is 6.35. The second-order valence-corrected chi connectivity index (χ2v) is 5.79. The molecule has 0 bridgehead atoms. The molecule has 2 aromatic rings. The van der Waals surface area contributed by atoms with Crippen LogP contribution >= 0.6 is 0 Å². The van der Waals surface area contributed by atoms with Crippen LogP contribution in [0.15, 0.2) is 35.1 Å². The lowest BCUT2D eigenvalue weighted by Crippen LogP contribution is -2.22. The van der Waals surface area contributed by atoms with Gasteiger partial charge < -0.3 is 4.52 Å². The van der Waals surface area contributed by atoms with E-state index in [-0.39, 0.29) is 0 Å². The molecule has 4 nitrogen and oxygen atoms in total. The van der Waals surface area contributed by atoms with Crippen molar-refractivity contribution < 1.29 is 4.52 Å². The van der Waals surface area contributed by atoms with Gasteiger partial charge in [-0.25, -0.2) is 0 Å². The van der Waals surface area contributed by atoms with Gasteiger partial charge in [-0.3, -0.25) is 9.88 Å². The number of hydrogen-bond acceptors (Lipinski definition) is 4. The molecular weight excluding hydrogens is 250 g/mol. The van der Waals surface area contributed by atoms with E-state index in [9.17, 15) is 0 Å². The average molecular weight is 271 g/mol. The molecule has 1 atom stereocenters. The van der Waals surface area contributed by atoms with Crippen molar-refractivity contribution in [3.63, 3.8) is 0 Å². The predicted molar refractivity (Wildman–Crippen MR) is 77.2 cm³/mol. The first-order valence-corrected chi connectivity index (χ1v) is 7.33. The summed E-state index contributed by atoms with van der Waals surface area (Å²) in [5.74, 6) is 1.43. The molecule has 1 saturated heterocycles. The molecule has 0 amide bonds. The van der Waals surface area contributed by atoms with Gasteiger partial charge in [0.1, 0.15) is 0 Å². The van der Waals surface area contributed by atoms with Crippen molar-refractivity contribution in [2.75, 3.05) is 6.54 Å². The van der Waals surface area contributed by atoms with Gasteiger partial charge in [0.15, 0.2) is 5.76 Å². The fraction of sp³-hybridized carbons (Fsp3) is 0.500. The molecule has 1 aliphatic rings. The van der Waals surface area contributed by atoms with Gasteiger partial charge in [-0.1, -0.05) is 19.0 Å². The number of likely N-dealkylation sites (tertiary alicyclic amines) is 1. The van der Waals surface area contributed by atoms with E-state index in [4.69, 9.17) is 4.52 Å². The molecule has 0 spiro atoms. The Morgan fingerprint density at radius 1 is 1.35 bits per heavy atom. The maximum absolute atomic E-state index is 5.57. The van der Waals surface area contributed by atoms with Crippen molar-refractivity contribution >= 4 is 0 Å². The van der Waals surface area contributed by atoms with Crippen LogP contribution in [0.25, 0.3) is 0 Å². The summed E-state index contributed by atoms with van der Waals surface area (Å²) in [6.07, 6.45) is 6.07.